The number of unbranched alkanes of at least 4 members (excludes halogenated alkanes) is 2. The maximum Gasteiger partial charge on any atom is 0.136 e. The Morgan fingerprint density at radius 2 is 1.63 bits per heavy atom. The highest BCUT2D eigenvalue weighted by atomic mass is 16.1. The van der Waals surface area contributed by atoms with Crippen molar-refractivity contribution in [3.05, 3.63) is 11.6 Å². The molecule has 0 aromatic heterocycles. The first-order valence-corrected chi connectivity index (χ1v) is 18.9. The van der Waals surface area contributed by atoms with E-state index in [9.17, 15) is 4.79 Å². The van der Waals surface area contributed by atoms with Crippen molar-refractivity contribution in [1.82, 2.24) is 0 Å². The van der Waals surface area contributed by atoms with Gasteiger partial charge < -0.3 is 0 Å². The maximum atomic E-state index is 13.4. The van der Waals surface area contributed by atoms with Gasteiger partial charge >= 0.3 is 0 Å². The van der Waals surface area contributed by atoms with Gasteiger partial charge in [0, 0.05) is 12.3 Å². The minimum absolute atomic E-state index is 0.384. The Hall–Kier alpha value is -0.590. The molecule has 0 radical (unpaired) electrons. The number of hydrogen-bond acceptors (Lipinski definition) is 1. The molecule has 4 saturated carbocycles. The topological polar surface area (TPSA) is 17.1 Å². The second-order valence-corrected chi connectivity index (χ2v) is 17.3. The van der Waals surface area contributed by atoms with E-state index in [-0.39, 0.29) is 0 Å². The molecule has 0 aromatic carbocycles. The molecule has 0 aromatic rings. The van der Waals surface area contributed by atoms with Gasteiger partial charge in [0.15, 0.2) is 0 Å². The molecule has 0 aliphatic heterocycles. The lowest BCUT2D eigenvalue weighted by Gasteiger charge is -2.58. The molecule has 234 valence electrons. The van der Waals surface area contributed by atoms with Crippen molar-refractivity contribution in [3.63, 3.8) is 0 Å². The van der Waals surface area contributed by atoms with Gasteiger partial charge in [-0.25, -0.2) is 0 Å². The normalized spacial score (nSPS) is 41.3. The van der Waals surface area contributed by atoms with Crippen molar-refractivity contribution in [2.24, 2.45) is 64.1 Å². The van der Waals surface area contributed by atoms with Gasteiger partial charge in [0.2, 0.25) is 0 Å². The highest BCUT2D eigenvalue weighted by Gasteiger charge is 2.59. The van der Waals surface area contributed by atoms with Crippen LogP contribution in [0.5, 0.6) is 0 Å². The van der Waals surface area contributed by atoms with Crippen LogP contribution in [0.4, 0.5) is 0 Å². The number of carbonyl (C=O) groups is 1. The van der Waals surface area contributed by atoms with Crippen LogP contribution in [0.3, 0.4) is 0 Å². The summed E-state index contributed by atoms with van der Waals surface area (Å²) in [4.78, 5) is 13.4. The fourth-order valence-corrected chi connectivity index (χ4v) is 11.8. The SMILES string of the molecule is CCCCCC1CCC(C(=O)CC2CCC3(C)C(=CCC4C3CCC3(C)C(C(C)CCCC(C)C)CCC43)C2)CC1. The first kappa shape index (κ1) is 31.8. The van der Waals surface area contributed by atoms with E-state index in [0.717, 1.165) is 47.8 Å². The van der Waals surface area contributed by atoms with Gasteiger partial charge in [-0.05, 0) is 135 Å². The molecule has 5 aliphatic rings. The molecular weight excluding hydrogens is 496 g/mol. The fourth-order valence-electron chi connectivity index (χ4n) is 11.8. The van der Waals surface area contributed by atoms with Crippen molar-refractivity contribution in [2.45, 2.75) is 170 Å². The second-order valence-electron chi connectivity index (χ2n) is 17.3. The van der Waals surface area contributed by atoms with E-state index in [2.05, 4.69) is 47.6 Å². The van der Waals surface area contributed by atoms with E-state index in [0.29, 0.717) is 28.4 Å². The smallest absolute Gasteiger partial charge is 0.136 e. The Morgan fingerprint density at radius 3 is 2.37 bits per heavy atom. The first-order chi connectivity index (χ1) is 19.7. The van der Waals surface area contributed by atoms with Crippen LogP contribution in [0.15, 0.2) is 11.6 Å². The third-order valence-corrected chi connectivity index (χ3v) is 14.4. The number of Topliss-reactive ketones (excluding diaryl/α,β-unsaturated/α-hetero) is 1. The second kappa shape index (κ2) is 13.6. The minimum atomic E-state index is 0.384. The van der Waals surface area contributed by atoms with Gasteiger partial charge in [-0.2, -0.15) is 0 Å². The Kier molecular flexibility index (Phi) is 10.5. The van der Waals surface area contributed by atoms with Crippen LogP contribution < -0.4 is 0 Å². The van der Waals surface area contributed by atoms with Gasteiger partial charge in [-0.3, -0.25) is 4.79 Å². The third-order valence-electron chi connectivity index (χ3n) is 14.4. The van der Waals surface area contributed by atoms with Crippen molar-refractivity contribution in [3.8, 4) is 0 Å². The van der Waals surface area contributed by atoms with Crippen LogP contribution in [0, 0.1) is 64.1 Å². The van der Waals surface area contributed by atoms with Gasteiger partial charge in [0.05, 0.1) is 0 Å². The summed E-state index contributed by atoms with van der Waals surface area (Å²) in [5.74, 6) is 8.01. The summed E-state index contributed by atoms with van der Waals surface area (Å²) < 4.78 is 0. The molecule has 8 atom stereocenters. The molecule has 0 N–H and O–H groups in total. The predicted octanol–water partition coefficient (Wildman–Crippen LogP) is 12.0. The molecule has 5 aliphatic carbocycles. The van der Waals surface area contributed by atoms with Crippen LogP contribution in [0.2, 0.25) is 0 Å². The molecule has 1 nitrogen and oxygen atoms in total. The lowest BCUT2D eigenvalue weighted by atomic mass is 9.46. The Balaban J connectivity index is 1.15. The number of hydrogen-bond donors (Lipinski definition) is 0. The average Bonchev–Trinajstić information content (AvgIpc) is 3.31. The van der Waals surface area contributed by atoms with E-state index in [1.54, 1.807) is 5.57 Å². The molecule has 4 fully saturated rings. The van der Waals surface area contributed by atoms with E-state index in [1.165, 1.54) is 122 Å². The van der Waals surface area contributed by atoms with Crippen molar-refractivity contribution in [2.75, 3.05) is 0 Å². The quantitative estimate of drug-likeness (QED) is 0.170. The lowest BCUT2D eigenvalue weighted by molar-refractivity contribution is -0.125. The molecule has 5 rings (SSSR count). The summed E-state index contributed by atoms with van der Waals surface area (Å²) in [5.41, 5.74) is 2.78. The van der Waals surface area contributed by atoms with Crippen molar-refractivity contribution in [1.29, 1.82) is 0 Å². The van der Waals surface area contributed by atoms with E-state index in [4.69, 9.17) is 0 Å². The molecule has 0 spiro atoms. The Bertz CT molecular complexity index is 890. The van der Waals surface area contributed by atoms with Crippen molar-refractivity contribution >= 4 is 5.78 Å². The highest BCUT2D eigenvalue weighted by Crippen LogP contribution is 2.67. The molecule has 1 heteroatoms. The molecule has 0 bridgehead atoms. The van der Waals surface area contributed by atoms with Gasteiger partial charge in [-0.1, -0.05) is 98.1 Å². The van der Waals surface area contributed by atoms with Crippen LogP contribution in [-0.4, -0.2) is 5.78 Å². The fraction of sp³-hybridized carbons (Fsp3) is 0.925. The average molecular weight is 565 g/mol. The molecule has 0 saturated heterocycles. The molecule has 8 unspecified atom stereocenters. The zero-order chi connectivity index (χ0) is 29.2. The first-order valence-electron chi connectivity index (χ1n) is 18.9. The number of ketones is 1. The number of allylic oxidation sites excluding steroid dienone is 2. The Morgan fingerprint density at radius 1 is 0.854 bits per heavy atom. The molecule has 0 heterocycles. The lowest BCUT2D eigenvalue weighted by Crippen LogP contribution is -2.50. The van der Waals surface area contributed by atoms with Crippen LogP contribution >= 0.6 is 0 Å². The maximum absolute atomic E-state index is 13.4. The summed E-state index contributed by atoms with van der Waals surface area (Å²) in [6.07, 6.45) is 29.6. The highest BCUT2D eigenvalue weighted by molar-refractivity contribution is 5.81. The molecular formula is C40H68O. The summed E-state index contributed by atoms with van der Waals surface area (Å²) in [5, 5.41) is 0. The summed E-state index contributed by atoms with van der Waals surface area (Å²) in [7, 11) is 0. The summed E-state index contributed by atoms with van der Waals surface area (Å²) >= 11 is 0. The van der Waals surface area contributed by atoms with Crippen LogP contribution in [0.1, 0.15) is 170 Å². The molecule has 41 heavy (non-hydrogen) atoms. The van der Waals surface area contributed by atoms with Gasteiger partial charge in [-0.15, -0.1) is 0 Å². The zero-order valence-electron chi connectivity index (χ0n) is 28.3. The largest absolute Gasteiger partial charge is 0.299 e. The molecule has 0 amide bonds. The van der Waals surface area contributed by atoms with Gasteiger partial charge in [0.25, 0.3) is 0 Å². The number of carbonyl (C=O) groups excluding carboxylic acids is 1. The standard InChI is InChI=1S/C40H68O/c1-7-8-9-13-30-14-16-32(17-15-30)38(41)27-31-22-24-39(5)33(26-31)18-19-34-36-21-20-35(29(4)12-10-11-28(2)3)40(36,6)25-23-37(34)39/h18,28-32,34-37H,7-17,19-27H2,1-6H3. The van der Waals surface area contributed by atoms with E-state index >= 15 is 0 Å². The minimum Gasteiger partial charge on any atom is -0.299 e. The van der Waals surface area contributed by atoms with E-state index < -0.39 is 0 Å². The van der Waals surface area contributed by atoms with E-state index in [1.807, 2.05) is 0 Å². The summed E-state index contributed by atoms with van der Waals surface area (Å²) in [6, 6.07) is 0. The van der Waals surface area contributed by atoms with Crippen LogP contribution in [-0.2, 0) is 4.79 Å². The monoisotopic (exact) mass is 565 g/mol. The third kappa shape index (κ3) is 6.75. The Labute approximate surface area is 255 Å². The zero-order valence-corrected chi connectivity index (χ0v) is 28.3. The van der Waals surface area contributed by atoms with Gasteiger partial charge in [0.1, 0.15) is 5.78 Å². The summed E-state index contributed by atoms with van der Waals surface area (Å²) in [6.45, 7) is 15.1. The van der Waals surface area contributed by atoms with Crippen molar-refractivity contribution < 1.29 is 4.79 Å². The number of rotatable bonds is 12. The predicted molar refractivity (Wildman–Crippen MR) is 176 cm³/mol. The van der Waals surface area contributed by atoms with Crippen LogP contribution in [0.25, 0.3) is 0 Å². The number of fused-ring (bicyclic) bond motifs is 5.